The van der Waals surface area contributed by atoms with Crippen molar-refractivity contribution in [1.82, 2.24) is 15.0 Å². The molecule has 2 aromatic rings. The van der Waals surface area contributed by atoms with Gasteiger partial charge in [-0.25, -0.2) is 4.39 Å². The molecular formula is C13H16FN5O. The van der Waals surface area contributed by atoms with E-state index in [0.29, 0.717) is 24.2 Å². The number of nitrogens with one attached hydrogen (secondary N) is 1. The fourth-order valence-electron chi connectivity index (χ4n) is 1.60. The molecule has 0 saturated carbocycles. The second-order valence-electron chi connectivity index (χ2n) is 3.96. The number of anilines is 3. The summed E-state index contributed by atoms with van der Waals surface area (Å²) in [6, 6.07) is 6.42. The first-order valence-corrected chi connectivity index (χ1v) is 6.20. The van der Waals surface area contributed by atoms with Crippen LogP contribution in [0.1, 0.15) is 6.92 Å². The summed E-state index contributed by atoms with van der Waals surface area (Å²) >= 11 is 0. The van der Waals surface area contributed by atoms with E-state index in [-0.39, 0.29) is 11.8 Å². The van der Waals surface area contributed by atoms with E-state index in [4.69, 9.17) is 4.74 Å². The first-order valence-electron chi connectivity index (χ1n) is 6.20. The molecule has 0 spiro atoms. The van der Waals surface area contributed by atoms with Gasteiger partial charge in [0.1, 0.15) is 5.82 Å². The fraction of sp³-hybridized carbons (Fsp3) is 0.308. The smallest absolute Gasteiger partial charge is 0.323 e. The Morgan fingerprint density at radius 3 is 2.75 bits per heavy atom. The molecule has 0 amide bonds. The molecular weight excluding hydrogens is 261 g/mol. The Labute approximate surface area is 116 Å². The molecule has 6 nitrogen and oxygen atoms in total. The number of rotatable bonds is 5. The van der Waals surface area contributed by atoms with E-state index in [1.165, 1.54) is 12.1 Å². The average molecular weight is 277 g/mol. The van der Waals surface area contributed by atoms with Crippen molar-refractivity contribution >= 4 is 17.6 Å². The number of hydrogen-bond donors (Lipinski definition) is 1. The average Bonchev–Trinajstić information content (AvgIpc) is 2.46. The maximum absolute atomic E-state index is 13.3. The topological polar surface area (TPSA) is 63.2 Å². The van der Waals surface area contributed by atoms with E-state index in [0.717, 1.165) is 0 Å². The maximum atomic E-state index is 13.3. The van der Waals surface area contributed by atoms with Crippen molar-refractivity contribution < 1.29 is 9.13 Å². The second kappa shape index (κ2) is 6.14. The molecule has 0 atom stereocenters. The van der Waals surface area contributed by atoms with Crippen LogP contribution in [0, 0.1) is 5.82 Å². The van der Waals surface area contributed by atoms with E-state index in [2.05, 4.69) is 20.3 Å². The molecule has 1 heterocycles. The van der Waals surface area contributed by atoms with Gasteiger partial charge >= 0.3 is 6.01 Å². The van der Waals surface area contributed by atoms with Gasteiger partial charge in [-0.15, -0.1) is 0 Å². The van der Waals surface area contributed by atoms with E-state index >= 15 is 0 Å². The first-order chi connectivity index (χ1) is 9.63. The molecule has 0 fully saturated rings. The van der Waals surface area contributed by atoms with Crippen LogP contribution in [0.2, 0.25) is 0 Å². The van der Waals surface area contributed by atoms with E-state index in [9.17, 15) is 4.39 Å². The quantitative estimate of drug-likeness (QED) is 0.904. The Hall–Kier alpha value is -2.44. The molecule has 0 bridgehead atoms. The van der Waals surface area contributed by atoms with Crippen LogP contribution in [0.5, 0.6) is 6.01 Å². The van der Waals surface area contributed by atoms with Gasteiger partial charge in [0.05, 0.1) is 6.61 Å². The van der Waals surface area contributed by atoms with Gasteiger partial charge in [0.25, 0.3) is 0 Å². The van der Waals surface area contributed by atoms with Crippen LogP contribution in [-0.2, 0) is 0 Å². The highest BCUT2D eigenvalue weighted by atomic mass is 19.1. The third-order valence-corrected chi connectivity index (χ3v) is 2.60. The highest BCUT2D eigenvalue weighted by Crippen LogP contribution is 2.22. The van der Waals surface area contributed by atoms with Crippen LogP contribution in [0.4, 0.5) is 22.0 Å². The van der Waals surface area contributed by atoms with Gasteiger partial charge in [-0.1, -0.05) is 6.07 Å². The lowest BCUT2D eigenvalue weighted by Gasteiger charge is -2.18. The summed E-state index contributed by atoms with van der Waals surface area (Å²) in [4.78, 5) is 14.2. The summed E-state index contributed by atoms with van der Waals surface area (Å²) in [5.74, 6) is 0.447. The third-order valence-electron chi connectivity index (χ3n) is 2.60. The molecule has 0 unspecified atom stereocenters. The molecule has 1 aromatic carbocycles. The summed E-state index contributed by atoms with van der Waals surface area (Å²) in [6.07, 6.45) is 0. The minimum Gasteiger partial charge on any atom is -0.464 e. The zero-order valence-electron chi connectivity index (χ0n) is 11.6. The summed E-state index contributed by atoms with van der Waals surface area (Å²) in [5.41, 5.74) is 0.640. The van der Waals surface area contributed by atoms with Gasteiger partial charge in [0.15, 0.2) is 0 Å². The molecule has 0 radical (unpaired) electrons. The lowest BCUT2D eigenvalue weighted by molar-refractivity contribution is 0.312. The van der Waals surface area contributed by atoms with Gasteiger partial charge in [-0.3, -0.25) is 0 Å². The molecule has 2 rings (SSSR count). The Bertz CT molecular complexity index is 593. The normalized spacial score (nSPS) is 10.2. The summed E-state index contributed by atoms with van der Waals surface area (Å²) in [7, 11) is 3.45. The van der Waals surface area contributed by atoms with Gasteiger partial charge in [-0.05, 0) is 25.1 Å². The standard InChI is InChI=1S/C13H16FN5O/c1-4-20-13-17-11(15-2)16-12(18-13)19(3)10-7-5-6-9(14)8-10/h5-8H,4H2,1-3H3,(H,15,16,17,18). The second-order valence-corrected chi connectivity index (χ2v) is 3.96. The number of halogens is 1. The van der Waals surface area contributed by atoms with Crippen molar-refractivity contribution in [2.24, 2.45) is 0 Å². The molecule has 20 heavy (non-hydrogen) atoms. The summed E-state index contributed by atoms with van der Waals surface area (Å²) in [5, 5.41) is 2.84. The van der Waals surface area contributed by atoms with E-state index in [1.54, 1.807) is 31.1 Å². The highest BCUT2D eigenvalue weighted by molar-refractivity contribution is 5.57. The number of hydrogen-bond acceptors (Lipinski definition) is 6. The zero-order chi connectivity index (χ0) is 14.5. The van der Waals surface area contributed by atoms with Crippen molar-refractivity contribution in [2.75, 3.05) is 30.9 Å². The van der Waals surface area contributed by atoms with Gasteiger partial charge in [0.2, 0.25) is 11.9 Å². The van der Waals surface area contributed by atoms with Crippen LogP contribution in [-0.4, -0.2) is 35.7 Å². The van der Waals surface area contributed by atoms with Crippen molar-refractivity contribution in [3.63, 3.8) is 0 Å². The fourth-order valence-corrected chi connectivity index (χ4v) is 1.60. The van der Waals surface area contributed by atoms with Gasteiger partial charge in [0, 0.05) is 19.8 Å². The Morgan fingerprint density at radius 2 is 2.10 bits per heavy atom. The highest BCUT2D eigenvalue weighted by Gasteiger charge is 2.12. The predicted molar refractivity (Wildman–Crippen MR) is 75.0 cm³/mol. The van der Waals surface area contributed by atoms with Gasteiger partial charge < -0.3 is 15.0 Å². The SMILES string of the molecule is CCOc1nc(NC)nc(N(C)c2cccc(F)c2)n1. The number of ether oxygens (including phenoxy) is 1. The maximum Gasteiger partial charge on any atom is 0.323 e. The van der Waals surface area contributed by atoms with Gasteiger partial charge in [-0.2, -0.15) is 15.0 Å². The van der Waals surface area contributed by atoms with Crippen LogP contribution in [0.25, 0.3) is 0 Å². The molecule has 0 aliphatic carbocycles. The van der Waals surface area contributed by atoms with E-state index < -0.39 is 0 Å². The summed E-state index contributed by atoms with van der Waals surface area (Å²) in [6.45, 7) is 2.30. The molecule has 1 aromatic heterocycles. The monoisotopic (exact) mass is 277 g/mol. The molecule has 0 saturated heterocycles. The zero-order valence-corrected chi connectivity index (χ0v) is 11.6. The number of aromatic nitrogens is 3. The molecule has 0 aliphatic heterocycles. The minimum atomic E-state index is -0.317. The molecule has 0 aliphatic rings. The molecule has 1 N–H and O–H groups in total. The lowest BCUT2D eigenvalue weighted by atomic mass is 10.3. The minimum absolute atomic E-state index is 0.227. The van der Waals surface area contributed by atoms with Crippen molar-refractivity contribution in [1.29, 1.82) is 0 Å². The van der Waals surface area contributed by atoms with Crippen LogP contribution in [0.15, 0.2) is 24.3 Å². The van der Waals surface area contributed by atoms with Crippen LogP contribution >= 0.6 is 0 Å². The van der Waals surface area contributed by atoms with Crippen LogP contribution in [0.3, 0.4) is 0 Å². The Balaban J connectivity index is 2.37. The van der Waals surface area contributed by atoms with E-state index in [1.807, 2.05) is 6.92 Å². The third kappa shape index (κ3) is 3.11. The van der Waals surface area contributed by atoms with Crippen molar-refractivity contribution in [3.05, 3.63) is 30.1 Å². The van der Waals surface area contributed by atoms with Crippen molar-refractivity contribution in [3.8, 4) is 6.01 Å². The largest absolute Gasteiger partial charge is 0.464 e. The number of nitrogens with zero attached hydrogens (tertiary/aromatic N) is 4. The van der Waals surface area contributed by atoms with Crippen molar-refractivity contribution in [2.45, 2.75) is 6.92 Å². The molecule has 7 heteroatoms. The Morgan fingerprint density at radius 1 is 1.30 bits per heavy atom. The van der Waals surface area contributed by atoms with Crippen LogP contribution < -0.4 is 15.0 Å². The summed E-state index contributed by atoms with van der Waals surface area (Å²) < 4.78 is 18.6. The predicted octanol–water partition coefficient (Wildman–Crippen LogP) is 2.22. The molecule has 106 valence electrons. The lowest BCUT2D eigenvalue weighted by Crippen LogP contribution is -2.16. The first kappa shape index (κ1) is 14.0. The number of benzene rings is 1. The Kier molecular flexibility index (Phi) is 4.29.